The molecule has 1 saturated heterocycles. The second-order valence-corrected chi connectivity index (χ2v) is 6.61. The van der Waals surface area contributed by atoms with Gasteiger partial charge in [0.1, 0.15) is 0 Å². The molecule has 0 aromatic heterocycles. The van der Waals surface area contributed by atoms with E-state index in [4.69, 9.17) is 0 Å². The van der Waals surface area contributed by atoms with Crippen molar-refractivity contribution < 1.29 is 9.59 Å². The van der Waals surface area contributed by atoms with Gasteiger partial charge in [-0.3, -0.25) is 9.59 Å². The Hall–Kier alpha value is -1.36. The van der Waals surface area contributed by atoms with Crippen LogP contribution in [0, 0.1) is 5.92 Å². The highest BCUT2D eigenvalue weighted by Gasteiger charge is 2.27. The predicted octanol–water partition coefficient (Wildman–Crippen LogP) is 2.32. The second kappa shape index (κ2) is 7.07. The average Bonchev–Trinajstić information content (AvgIpc) is 2.49. The Balaban J connectivity index is 1.86. The number of carbonyl (C=O) groups is 2. The smallest absolute Gasteiger partial charge is 0.226 e. The number of piperidine rings is 1. The molecule has 0 N–H and O–H groups in total. The van der Waals surface area contributed by atoms with Crippen molar-refractivity contribution in [2.75, 3.05) is 27.2 Å². The summed E-state index contributed by atoms with van der Waals surface area (Å²) in [5.74, 6) is 0.389. The fourth-order valence-electron chi connectivity index (χ4n) is 2.63. The summed E-state index contributed by atoms with van der Waals surface area (Å²) in [5.41, 5.74) is 1.02. The van der Waals surface area contributed by atoms with Crippen LogP contribution in [0.5, 0.6) is 0 Å². The highest BCUT2D eigenvalue weighted by atomic mass is 79.9. The van der Waals surface area contributed by atoms with E-state index in [1.807, 2.05) is 29.2 Å². The maximum atomic E-state index is 12.3. The maximum Gasteiger partial charge on any atom is 0.226 e. The number of nitrogens with zero attached hydrogens (tertiary/aromatic N) is 2. The Morgan fingerprint density at radius 1 is 1.19 bits per heavy atom. The molecular weight excluding hydrogens is 332 g/mol. The fourth-order valence-corrected chi connectivity index (χ4v) is 2.89. The molecule has 0 atom stereocenters. The van der Waals surface area contributed by atoms with Crippen LogP contribution in [0.15, 0.2) is 28.7 Å². The lowest BCUT2D eigenvalue weighted by Gasteiger charge is -2.32. The van der Waals surface area contributed by atoms with Crippen LogP contribution in [0.1, 0.15) is 18.4 Å². The molecule has 0 spiro atoms. The fraction of sp³-hybridized carbons (Fsp3) is 0.500. The number of likely N-dealkylation sites (tertiary alicyclic amines) is 1. The number of benzene rings is 1. The van der Waals surface area contributed by atoms with Crippen LogP contribution in [-0.4, -0.2) is 48.8 Å². The molecular formula is C16H21BrN2O2. The van der Waals surface area contributed by atoms with Crippen molar-refractivity contribution in [1.29, 1.82) is 0 Å². The van der Waals surface area contributed by atoms with Gasteiger partial charge in [0.05, 0.1) is 6.42 Å². The van der Waals surface area contributed by atoms with Gasteiger partial charge in [0.25, 0.3) is 0 Å². The lowest BCUT2D eigenvalue weighted by atomic mass is 9.95. The lowest BCUT2D eigenvalue weighted by molar-refractivity contribution is -0.138. The first-order valence-electron chi connectivity index (χ1n) is 7.20. The maximum absolute atomic E-state index is 12.3. The zero-order chi connectivity index (χ0) is 15.4. The molecule has 1 aromatic carbocycles. The van der Waals surface area contributed by atoms with Crippen LogP contribution in [0.3, 0.4) is 0 Å². The third-order valence-corrected chi connectivity index (χ3v) is 4.43. The third kappa shape index (κ3) is 4.30. The molecule has 0 bridgehead atoms. The van der Waals surface area contributed by atoms with E-state index < -0.39 is 0 Å². The molecule has 114 valence electrons. The van der Waals surface area contributed by atoms with Gasteiger partial charge in [-0.2, -0.15) is 0 Å². The zero-order valence-corrected chi connectivity index (χ0v) is 14.1. The van der Waals surface area contributed by atoms with E-state index in [2.05, 4.69) is 15.9 Å². The van der Waals surface area contributed by atoms with Crippen molar-refractivity contribution >= 4 is 27.7 Å². The molecule has 2 amide bonds. The Labute approximate surface area is 134 Å². The minimum atomic E-state index is 0.0664. The van der Waals surface area contributed by atoms with Crippen molar-refractivity contribution in [1.82, 2.24) is 9.80 Å². The van der Waals surface area contributed by atoms with Crippen LogP contribution >= 0.6 is 15.9 Å². The quantitative estimate of drug-likeness (QED) is 0.837. The van der Waals surface area contributed by atoms with Crippen LogP contribution in [-0.2, 0) is 16.0 Å². The molecule has 4 nitrogen and oxygen atoms in total. The number of rotatable bonds is 3. The van der Waals surface area contributed by atoms with Gasteiger partial charge in [0, 0.05) is 37.6 Å². The first-order valence-corrected chi connectivity index (χ1v) is 8.00. The number of amides is 2. The highest BCUT2D eigenvalue weighted by molar-refractivity contribution is 9.10. The molecule has 0 saturated carbocycles. The van der Waals surface area contributed by atoms with Gasteiger partial charge >= 0.3 is 0 Å². The first kappa shape index (κ1) is 16.0. The third-order valence-electron chi connectivity index (χ3n) is 3.91. The summed E-state index contributed by atoms with van der Waals surface area (Å²) in [5, 5.41) is 0. The molecule has 2 rings (SSSR count). The Kier molecular flexibility index (Phi) is 5.39. The van der Waals surface area contributed by atoms with E-state index in [1.54, 1.807) is 19.0 Å². The summed E-state index contributed by atoms with van der Waals surface area (Å²) in [7, 11) is 3.57. The first-order chi connectivity index (χ1) is 9.97. The van der Waals surface area contributed by atoms with Gasteiger partial charge in [-0.05, 0) is 30.5 Å². The molecule has 0 aliphatic carbocycles. The minimum Gasteiger partial charge on any atom is -0.349 e. The zero-order valence-electron chi connectivity index (χ0n) is 12.5. The summed E-state index contributed by atoms with van der Waals surface area (Å²) in [4.78, 5) is 27.7. The van der Waals surface area contributed by atoms with Crippen molar-refractivity contribution in [3.63, 3.8) is 0 Å². The van der Waals surface area contributed by atoms with Crippen LogP contribution in [0.2, 0.25) is 0 Å². The van der Waals surface area contributed by atoms with E-state index in [0.29, 0.717) is 19.5 Å². The number of hydrogen-bond donors (Lipinski definition) is 0. The monoisotopic (exact) mass is 352 g/mol. The summed E-state index contributed by atoms with van der Waals surface area (Å²) in [6.07, 6.45) is 1.96. The summed E-state index contributed by atoms with van der Waals surface area (Å²) in [6.45, 7) is 1.36. The van der Waals surface area contributed by atoms with E-state index in [0.717, 1.165) is 22.9 Å². The van der Waals surface area contributed by atoms with Crippen LogP contribution in [0.4, 0.5) is 0 Å². The van der Waals surface area contributed by atoms with E-state index in [9.17, 15) is 9.59 Å². The van der Waals surface area contributed by atoms with Crippen molar-refractivity contribution in [3.8, 4) is 0 Å². The van der Waals surface area contributed by atoms with E-state index >= 15 is 0 Å². The number of hydrogen-bond acceptors (Lipinski definition) is 2. The summed E-state index contributed by atoms with van der Waals surface area (Å²) < 4.78 is 1.02. The van der Waals surface area contributed by atoms with Gasteiger partial charge in [-0.15, -0.1) is 0 Å². The normalized spacial score (nSPS) is 15.9. The van der Waals surface area contributed by atoms with Gasteiger partial charge in [0.15, 0.2) is 0 Å². The van der Waals surface area contributed by atoms with Crippen LogP contribution < -0.4 is 0 Å². The van der Waals surface area contributed by atoms with E-state index in [1.165, 1.54) is 0 Å². The number of halogens is 1. The molecule has 1 aliphatic rings. The second-order valence-electron chi connectivity index (χ2n) is 5.69. The van der Waals surface area contributed by atoms with E-state index in [-0.39, 0.29) is 17.7 Å². The Bertz CT molecular complexity index is 506. The topological polar surface area (TPSA) is 40.6 Å². The SMILES string of the molecule is CN(C)C(=O)C1CCN(C(=O)Cc2ccc(Br)cc2)CC1. The number of carbonyl (C=O) groups excluding carboxylic acids is 2. The molecule has 1 aromatic rings. The Morgan fingerprint density at radius 2 is 1.76 bits per heavy atom. The van der Waals surface area contributed by atoms with Gasteiger partial charge < -0.3 is 9.80 Å². The van der Waals surface area contributed by atoms with Crippen molar-refractivity contribution in [2.24, 2.45) is 5.92 Å². The molecule has 5 heteroatoms. The predicted molar refractivity (Wildman–Crippen MR) is 85.8 cm³/mol. The van der Waals surface area contributed by atoms with Crippen LogP contribution in [0.25, 0.3) is 0 Å². The van der Waals surface area contributed by atoms with Crippen molar-refractivity contribution in [2.45, 2.75) is 19.3 Å². The average molecular weight is 353 g/mol. The largest absolute Gasteiger partial charge is 0.349 e. The Morgan fingerprint density at radius 3 is 2.29 bits per heavy atom. The van der Waals surface area contributed by atoms with Gasteiger partial charge in [-0.1, -0.05) is 28.1 Å². The molecule has 0 unspecified atom stereocenters. The van der Waals surface area contributed by atoms with Gasteiger partial charge in [0.2, 0.25) is 11.8 Å². The molecule has 21 heavy (non-hydrogen) atoms. The summed E-state index contributed by atoms with van der Waals surface area (Å²) in [6, 6.07) is 7.82. The molecule has 1 aliphatic heterocycles. The minimum absolute atomic E-state index is 0.0664. The molecule has 0 radical (unpaired) electrons. The molecule has 1 heterocycles. The standard InChI is InChI=1S/C16H21BrN2O2/c1-18(2)16(21)13-7-9-19(10-8-13)15(20)11-12-3-5-14(17)6-4-12/h3-6,13H,7-11H2,1-2H3. The molecule has 1 fully saturated rings. The van der Waals surface area contributed by atoms with Gasteiger partial charge in [-0.25, -0.2) is 0 Å². The highest BCUT2D eigenvalue weighted by Crippen LogP contribution is 2.20. The lowest BCUT2D eigenvalue weighted by Crippen LogP contribution is -2.43. The summed E-state index contributed by atoms with van der Waals surface area (Å²) >= 11 is 3.39. The van der Waals surface area contributed by atoms with Crippen molar-refractivity contribution in [3.05, 3.63) is 34.3 Å².